The second-order valence-corrected chi connectivity index (χ2v) is 8.09. The number of allylic oxidation sites excluding steroid dienone is 2. The normalized spacial score (nSPS) is 26.1. The topological polar surface area (TPSA) is 96.3 Å². The van der Waals surface area contributed by atoms with E-state index in [0.717, 1.165) is 22.6 Å². The molecule has 5 rings (SSSR count). The lowest BCUT2D eigenvalue weighted by Crippen LogP contribution is -2.28. The number of carboxylic acids is 1. The molecule has 4 atom stereocenters. The molecule has 4 unspecified atom stereocenters. The summed E-state index contributed by atoms with van der Waals surface area (Å²) in [5.74, 6) is -0.875. The van der Waals surface area contributed by atoms with Crippen LogP contribution in [0.1, 0.15) is 27.9 Å². The van der Waals surface area contributed by atoms with Gasteiger partial charge in [-0.2, -0.15) is 10.1 Å². The summed E-state index contributed by atoms with van der Waals surface area (Å²) in [4.78, 5) is 36.2. The van der Waals surface area contributed by atoms with E-state index in [-0.39, 0.29) is 41.0 Å². The molecule has 2 fully saturated rings. The quantitative estimate of drug-likeness (QED) is 0.443. The molecule has 1 N–H and O–H groups in total. The van der Waals surface area contributed by atoms with Crippen molar-refractivity contribution in [1.29, 1.82) is 0 Å². The molecule has 1 heterocycles. The first kappa shape index (κ1) is 19.2. The number of hydrazone groups is 1. The zero-order valence-electron chi connectivity index (χ0n) is 16.5. The fourth-order valence-electron chi connectivity index (χ4n) is 4.69. The van der Waals surface area contributed by atoms with E-state index in [2.05, 4.69) is 17.3 Å². The van der Waals surface area contributed by atoms with E-state index in [0.29, 0.717) is 12.4 Å². The summed E-state index contributed by atoms with van der Waals surface area (Å²) in [7, 11) is 0. The highest BCUT2D eigenvalue weighted by Crippen LogP contribution is 2.52. The maximum Gasteiger partial charge on any atom is 0.335 e. The summed E-state index contributed by atoms with van der Waals surface area (Å²) in [5, 5.41) is 14.1. The Hall–Kier alpha value is -3.74. The minimum absolute atomic E-state index is 0.170. The number of carboxylic acid groups (broad SMARTS) is 1. The third-order valence-electron chi connectivity index (χ3n) is 6.26. The summed E-state index contributed by atoms with van der Waals surface area (Å²) in [6.07, 6.45) is 6.53. The molecule has 1 aliphatic heterocycles. The molecule has 0 aromatic heterocycles. The van der Waals surface area contributed by atoms with Crippen molar-refractivity contribution in [3.05, 3.63) is 77.4 Å². The lowest BCUT2D eigenvalue weighted by molar-refractivity contribution is -0.140. The number of hydrogen-bond donors (Lipinski definition) is 1. The smallest absolute Gasteiger partial charge is 0.335 e. The Labute approximate surface area is 178 Å². The summed E-state index contributed by atoms with van der Waals surface area (Å²) >= 11 is 0. The van der Waals surface area contributed by atoms with Crippen LogP contribution in [0.3, 0.4) is 0 Å². The van der Waals surface area contributed by atoms with Gasteiger partial charge in [-0.05, 0) is 65.8 Å². The number of benzene rings is 2. The average Bonchev–Trinajstić information content (AvgIpc) is 3.46. The van der Waals surface area contributed by atoms with E-state index >= 15 is 0 Å². The highest BCUT2D eigenvalue weighted by atomic mass is 16.5. The number of nitrogens with zero attached hydrogens (tertiary/aromatic N) is 2. The molecule has 0 radical (unpaired) electrons. The van der Waals surface area contributed by atoms with E-state index in [1.807, 2.05) is 0 Å². The predicted octanol–water partition coefficient (Wildman–Crippen LogP) is 3.10. The number of hydrogen-bond acceptors (Lipinski definition) is 5. The van der Waals surface area contributed by atoms with Crippen molar-refractivity contribution in [3.63, 3.8) is 0 Å². The maximum atomic E-state index is 12.6. The van der Waals surface area contributed by atoms with E-state index < -0.39 is 5.97 Å². The number of carbonyl (C=O) groups excluding carboxylic acids is 2. The summed E-state index contributed by atoms with van der Waals surface area (Å²) in [5.41, 5.74) is 1.84. The standard InChI is InChI=1S/C24H20N2O5/c27-22-20-17-7-8-18(11-17)21(20)23(28)26(22)25-12-14-3-9-19(10-4-14)31-13-15-1-5-16(6-2-15)24(29)30/h1-10,12,17-18,20-21H,11,13H2,(H,29,30). The van der Waals surface area contributed by atoms with Crippen LogP contribution in [0.25, 0.3) is 0 Å². The number of carbonyl (C=O) groups is 3. The Morgan fingerprint density at radius 2 is 1.61 bits per heavy atom. The second kappa shape index (κ2) is 7.50. The molecule has 2 aromatic rings. The third kappa shape index (κ3) is 3.42. The average molecular weight is 416 g/mol. The minimum Gasteiger partial charge on any atom is -0.489 e. The maximum absolute atomic E-state index is 12.6. The van der Waals surface area contributed by atoms with Gasteiger partial charge in [0.05, 0.1) is 23.6 Å². The van der Waals surface area contributed by atoms with Gasteiger partial charge in [0, 0.05) is 0 Å². The monoisotopic (exact) mass is 416 g/mol. The van der Waals surface area contributed by atoms with Crippen molar-refractivity contribution in [1.82, 2.24) is 5.01 Å². The lowest BCUT2D eigenvalue weighted by Gasteiger charge is -2.13. The van der Waals surface area contributed by atoms with Gasteiger partial charge in [0.15, 0.2) is 0 Å². The Balaban J connectivity index is 1.20. The molecule has 7 heteroatoms. The molecule has 31 heavy (non-hydrogen) atoms. The van der Waals surface area contributed by atoms with E-state index in [9.17, 15) is 14.4 Å². The van der Waals surface area contributed by atoms with Crippen LogP contribution < -0.4 is 4.74 Å². The van der Waals surface area contributed by atoms with Crippen LogP contribution in [0.4, 0.5) is 0 Å². The number of imide groups is 1. The Morgan fingerprint density at radius 1 is 1.00 bits per heavy atom. The summed E-state index contributed by atoms with van der Waals surface area (Å²) < 4.78 is 5.72. The lowest BCUT2D eigenvalue weighted by atomic mass is 9.85. The van der Waals surface area contributed by atoms with Crippen LogP contribution in [-0.2, 0) is 16.2 Å². The van der Waals surface area contributed by atoms with Gasteiger partial charge in [-0.15, -0.1) is 0 Å². The van der Waals surface area contributed by atoms with Crippen LogP contribution in [-0.4, -0.2) is 34.1 Å². The highest BCUT2D eigenvalue weighted by Gasteiger charge is 2.59. The van der Waals surface area contributed by atoms with Gasteiger partial charge >= 0.3 is 5.97 Å². The van der Waals surface area contributed by atoms with Gasteiger partial charge in [0.25, 0.3) is 11.8 Å². The van der Waals surface area contributed by atoms with Gasteiger partial charge < -0.3 is 9.84 Å². The molecule has 7 nitrogen and oxygen atoms in total. The molecule has 2 aliphatic carbocycles. The van der Waals surface area contributed by atoms with E-state index in [1.165, 1.54) is 18.3 Å². The van der Waals surface area contributed by atoms with Crippen LogP contribution in [0.2, 0.25) is 0 Å². The number of rotatable bonds is 6. The van der Waals surface area contributed by atoms with Crippen molar-refractivity contribution in [3.8, 4) is 5.75 Å². The fourth-order valence-corrected chi connectivity index (χ4v) is 4.69. The predicted molar refractivity (Wildman–Crippen MR) is 111 cm³/mol. The van der Waals surface area contributed by atoms with E-state index in [4.69, 9.17) is 9.84 Å². The van der Waals surface area contributed by atoms with Crippen LogP contribution in [0.5, 0.6) is 5.75 Å². The molecule has 2 bridgehead atoms. The zero-order chi connectivity index (χ0) is 21.5. The molecule has 2 aromatic carbocycles. The Morgan fingerprint density at radius 3 is 2.19 bits per heavy atom. The van der Waals surface area contributed by atoms with Crippen LogP contribution in [0.15, 0.2) is 65.8 Å². The molecule has 0 spiro atoms. The van der Waals surface area contributed by atoms with Crippen molar-refractivity contribution >= 4 is 24.0 Å². The van der Waals surface area contributed by atoms with Crippen LogP contribution in [0, 0.1) is 23.7 Å². The summed E-state index contributed by atoms with van der Waals surface area (Å²) in [6.45, 7) is 0.309. The number of fused-ring (bicyclic) bond motifs is 5. The second-order valence-electron chi connectivity index (χ2n) is 8.09. The Bertz CT molecular complexity index is 1070. The number of ether oxygens (including phenoxy) is 1. The van der Waals surface area contributed by atoms with Gasteiger partial charge in [-0.3, -0.25) is 9.59 Å². The molecular weight excluding hydrogens is 396 g/mol. The number of aromatic carboxylic acids is 1. The molecular formula is C24H20N2O5. The zero-order valence-corrected chi connectivity index (χ0v) is 16.5. The molecule has 156 valence electrons. The first-order valence-corrected chi connectivity index (χ1v) is 10.2. The van der Waals surface area contributed by atoms with Gasteiger partial charge in [-0.25, -0.2) is 4.79 Å². The first-order chi connectivity index (χ1) is 15.0. The number of amides is 2. The fraction of sp³-hybridized carbons (Fsp3) is 0.250. The molecule has 2 amide bonds. The van der Waals surface area contributed by atoms with Crippen molar-refractivity contribution in [2.75, 3.05) is 0 Å². The largest absolute Gasteiger partial charge is 0.489 e. The van der Waals surface area contributed by atoms with Crippen molar-refractivity contribution < 1.29 is 24.2 Å². The third-order valence-corrected chi connectivity index (χ3v) is 6.26. The Kier molecular flexibility index (Phi) is 4.66. The van der Waals surface area contributed by atoms with E-state index in [1.54, 1.807) is 36.4 Å². The SMILES string of the molecule is O=C(O)c1ccc(COc2ccc(C=NN3C(=O)C4C5C=CC(C5)C4C3=O)cc2)cc1. The minimum atomic E-state index is -0.964. The highest BCUT2D eigenvalue weighted by molar-refractivity contribution is 6.06. The van der Waals surface area contributed by atoms with Crippen molar-refractivity contribution in [2.45, 2.75) is 13.0 Å². The van der Waals surface area contributed by atoms with Gasteiger partial charge in [0.1, 0.15) is 12.4 Å². The molecule has 1 saturated heterocycles. The summed E-state index contributed by atoms with van der Waals surface area (Å²) in [6, 6.07) is 13.7. The molecule has 3 aliphatic rings. The van der Waals surface area contributed by atoms with Crippen LogP contribution >= 0.6 is 0 Å². The van der Waals surface area contributed by atoms with Crippen molar-refractivity contribution in [2.24, 2.45) is 28.8 Å². The van der Waals surface area contributed by atoms with Gasteiger partial charge in [0.2, 0.25) is 0 Å². The molecule has 1 saturated carbocycles. The first-order valence-electron chi connectivity index (χ1n) is 10.2. The van der Waals surface area contributed by atoms with Gasteiger partial charge in [-0.1, -0.05) is 24.3 Å².